The molecule has 1 heterocycles. The maximum Gasteiger partial charge on any atom is 0.130 e. The van der Waals surface area contributed by atoms with Crippen molar-refractivity contribution in [2.45, 2.75) is 39.5 Å². The Labute approximate surface area is 125 Å². The molecule has 0 aliphatic rings. The molecule has 0 spiro atoms. The Morgan fingerprint density at radius 2 is 2.05 bits per heavy atom. The van der Waals surface area contributed by atoms with Crippen molar-refractivity contribution in [3.8, 4) is 11.5 Å². The highest BCUT2D eigenvalue weighted by Gasteiger charge is 2.12. The summed E-state index contributed by atoms with van der Waals surface area (Å²) in [6, 6.07) is 5.96. The summed E-state index contributed by atoms with van der Waals surface area (Å²) < 4.78 is 13.3. The van der Waals surface area contributed by atoms with Crippen molar-refractivity contribution in [2.75, 3.05) is 7.11 Å². The average molecular weight is 289 g/mol. The second kappa shape index (κ2) is 6.63. The first-order valence-corrected chi connectivity index (χ1v) is 7.10. The third kappa shape index (κ3) is 3.55. The van der Waals surface area contributed by atoms with Crippen LogP contribution in [0.5, 0.6) is 11.5 Å². The molecule has 2 rings (SSSR count). The van der Waals surface area contributed by atoms with Crippen LogP contribution in [0, 0.1) is 0 Å². The molecule has 5 heteroatoms. The van der Waals surface area contributed by atoms with E-state index in [0.29, 0.717) is 12.6 Å². The molecule has 2 aromatic rings. The summed E-state index contributed by atoms with van der Waals surface area (Å²) in [5.41, 5.74) is 7.99. The largest absolute Gasteiger partial charge is 0.497 e. The zero-order valence-corrected chi connectivity index (χ0v) is 13.0. The molecule has 21 heavy (non-hydrogen) atoms. The van der Waals surface area contributed by atoms with Crippen LogP contribution >= 0.6 is 0 Å². The van der Waals surface area contributed by atoms with Crippen molar-refractivity contribution >= 4 is 0 Å². The average Bonchev–Trinajstić information content (AvgIpc) is 2.93. The van der Waals surface area contributed by atoms with E-state index in [1.165, 1.54) is 0 Å². The van der Waals surface area contributed by atoms with Crippen LogP contribution in [0.25, 0.3) is 0 Å². The zero-order chi connectivity index (χ0) is 15.4. The van der Waals surface area contributed by atoms with E-state index < -0.39 is 0 Å². The van der Waals surface area contributed by atoms with Crippen LogP contribution in [0.2, 0.25) is 0 Å². The first kappa shape index (κ1) is 15.4. The minimum absolute atomic E-state index is 0.0964. The highest BCUT2D eigenvalue weighted by molar-refractivity contribution is 5.42. The van der Waals surface area contributed by atoms with Crippen LogP contribution in [0.1, 0.15) is 44.1 Å². The Hall–Kier alpha value is -2.01. The van der Waals surface area contributed by atoms with Gasteiger partial charge >= 0.3 is 0 Å². The monoisotopic (exact) mass is 289 g/mol. The lowest BCUT2D eigenvalue weighted by Gasteiger charge is -2.17. The van der Waals surface area contributed by atoms with Crippen LogP contribution in [-0.2, 0) is 6.61 Å². The highest BCUT2D eigenvalue weighted by Crippen LogP contribution is 2.29. The first-order valence-electron chi connectivity index (χ1n) is 7.10. The Kier molecular flexibility index (Phi) is 4.85. The molecule has 0 saturated heterocycles. The van der Waals surface area contributed by atoms with Gasteiger partial charge in [-0.1, -0.05) is 6.07 Å². The molecule has 0 aliphatic carbocycles. The number of hydrogen-bond donors (Lipinski definition) is 1. The van der Waals surface area contributed by atoms with Crippen molar-refractivity contribution in [3.05, 3.63) is 42.0 Å². The summed E-state index contributed by atoms with van der Waals surface area (Å²) in [7, 11) is 1.64. The van der Waals surface area contributed by atoms with Gasteiger partial charge in [-0.2, -0.15) is 0 Å². The summed E-state index contributed by atoms with van der Waals surface area (Å²) in [6.45, 7) is 6.62. The maximum atomic E-state index is 5.99. The molecule has 1 aromatic heterocycles. The number of ether oxygens (including phenoxy) is 2. The number of benzene rings is 1. The fraction of sp³-hybridized carbons (Fsp3) is 0.438. The third-order valence-corrected chi connectivity index (χ3v) is 3.39. The molecule has 114 valence electrons. The number of nitrogens with zero attached hydrogens (tertiary/aromatic N) is 2. The summed E-state index contributed by atoms with van der Waals surface area (Å²) in [6.07, 6.45) is 3.65. The van der Waals surface area contributed by atoms with Gasteiger partial charge in [-0.25, -0.2) is 4.98 Å². The number of rotatable bonds is 6. The van der Waals surface area contributed by atoms with Crippen molar-refractivity contribution in [2.24, 2.45) is 5.73 Å². The molecule has 0 aliphatic heterocycles. The van der Waals surface area contributed by atoms with Gasteiger partial charge in [-0.05, 0) is 26.8 Å². The van der Waals surface area contributed by atoms with E-state index in [1.807, 2.05) is 37.6 Å². The quantitative estimate of drug-likeness (QED) is 0.887. The molecule has 0 bridgehead atoms. The molecular weight excluding hydrogens is 266 g/mol. The van der Waals surface area contributed by atoms with Crippen LogP contribution in [-0.4, -0.2) is 16.7 Å². The summed E-state index contributed by atoms with van der Waals surface area (Å²) in [5.74, 6) is 1.51. The minimum Gasteiger partial charge on any atom is -0.497 e. The van der Waals surface area contributed by atoms with Gasteiger partial charge < -0.3 is 19.8 Å². The van der Waals surface area contributed by atoms with Gasteiger partial charge in [0.2, 0.25) is 0 Å². The summed E-state index contributed by atoms with van der Waals surface area (Å²) >= 11 is 0. The highest BCUT2D eigenvalue weighted by atomic mass is 16.5. The van der Waals surface area contributed by atoms with E-state index in [4.69, 9.17) is 15.2 Å². The number of aromatic nitrogens is 2. The standard InChI is InChI=1S/C16H23N3O2/c1-11(2)19-10-18-8-13(19)9-21-16-7-14(20-4)5-6-15(16)12(3)17/h5-8,10-12H,9,17H2,1-4H3/t12-/m1/s1. The topological polar surface area (TPSA) is 62.3 Å². The maximum absolute atomic E-state index is 5.99. The molecule has 5 nitrogen and oxygen atoms in total. The number of nitrogens with two attached hydrogens (primary N) is 1. The SMILES string of the molecule is COc1ccc([C@@H](C)N)c(OCc2cncn2C(C)C)c1. The van der Waals surface area contributed by atoms with E-state index >= 15 is 0 Å². The molecule has 2 N–H and O–H groups in total. The third-order valence-electron chi connectivity index (χ3n) is 3.39. The second-order valence-corrected chi connectivity index (χ2v) is 5.37. The predicted molar refractivity (Wildman–Crippen MR) is 82.5 cm³/mol. The number of hydrogen-bond acceptors (Lipinski definition) is 4. The molecular formula is C16H23N3O2. The van der Waals surface area contributed by atoms with E-state index in [1.54, 1.807) is 7.11 Å². The smallest absolute Gasteiger partial charge is 0.130 e. The Morgan fingerprint density at radius 1 is 1.29 bits per heavy atom. The molecule has 1 atom stereocenters. The van der Waals surface area contributed by atoms with Crippen LogP contribution in [0.4, 0.5) is 0 Å². The zero-order valence-electron chi connectivity index (χ0n) is 13.0. The van der Waals surface area contributed by atoms with Gasteiger partial charge in [0.05, 0.1) is 25.3 Å². The second-order valence-electron chi connectivity index (χ2n) is 5.37. The van der Waals surface area contributed by atoms with Crippen LogP contribution < -0.4 is 15.2 Å². The lowest BCUT2D eigenvalue weighted by molar-refractivity contribution is 0.286. The normalized spacial score (nSPS) is 12.5. The van der Waals surface area contributed by atoms with Crippen molar-refractivity contribution in [1.82, 2.24) is 9.55 Å². The first-order chi connectivity index (χ1) is 10.0. The molecule has 0 fully saturated rings. The number of imidazole rings is 1. The van der Waals surface area contributed by atoms with Gasteiger partial charge in [-0.3, -0.25) is 0 Å². The fourth-order valence-corrected chi connectivity index (χ4v) is 2.20. The molecule has 0 radical (unpaired) electrons. The van der Waals surface area contributed by atoms with Crippen molar-refractivity contribution < 1.29 is 9.47 Å². The fourth-order valence-electron chi connectivity index (χ4n) is 2.20. The van der Waals surface area contributed by atoms with E-state index in [0.717, 1.165) is 22.8 Å². The van der Waals surface area contributed by atoms with E-state index in [9.17, 15) is 0 Å². The summed E-state index contributed by atoms with van der Waals surface area (Å²) in [4.78, 5) is 4.18. The van der Waals surface area contributed by atoms with Gasteiger partial charge in [-0.15, -0.1) is 0 Å². The van der Waals surface area contributed by atoms with Gasteiger partial charge in [0, 0.05) is 23.7 Å². The molecule has 0 amide bonds. The van der Waals surface area contributed by atoms with Crippen molar-refractivity contribution in [3.63, 3.8) is 0 Å². The Morgan fingerprint density at radius 3 is 2.67 bits per heavy atom. The predicted octanol–water partition coefficient (Wildman–Crippen LogP) is 3.07. The van der Waals surface area contributed by atoms with Gasteiger partial charge in [0.15, 0.2) is 0 Å². The lowest BCUT2D eigenvalue weighted by Crippen LogP contribution is -2.10. The molecule has 1 aromatic carbocycles. The van der Waals surface area contributed by atoms with Gasteiger partial charge in [0.1, 0.15) is 18.1 Å². The Balaban J connectivity index is 2.20. The van der Waals surface area contributed by atoms with E-state index in [-0.39, 0.29) is 6.04 Å². The van der Waals surface area contributed by atoms with Crippen molar-refractivity contribution in [1.29, 1.82) is 0 Å². The summed E-state index contributed by atoms with van der Waals surface area (Å²) in [5, 5.41) is 0. The molecule has 0 saturated carbocycles. The minimum atomic E-state index is -0.0964. The van der Waals surface area contributed by atoms with E-state index in [2.05, 4.69) is 23.4 Å². The number of methoxy groups -OCH3 is 1. The molecule has 0 unspecified atom stereocenters. The Bertz CT molecular complexity index is 591. The lowest BCUT2D eigenvalue weighted by atomic mass is 10.1. The van der Waals surface area contributed by atoms with Gasteiger partial charge in [0.25, 0.3) is 0 Å². The van der Waals surface area contributed by atoms with Crippen LogP contribution in [0.15, 0.2) is 30.7 Å². The van der Waals surface area contributed by atoms with Crippen LogP contribution in [0.3, 0.4) is 0 Å².